The predicted molar refractivity (Wildman–Crippen MR) is 78.2 cm³/mol. The molecule has 0 bridgehead atoms. The second-order valence-corrected chi connectivity index (χ2v) is 4.51. The Bertz CT molecular complexity index is 774. The molecule has 3 rings (SSSR count). The van der Waals surface area contributed by atoms with Crippen LogP contribution in [0.5, 0.6) is 0 Å². The van der Waals surface area contributed by atoms with Gasteiger partial charge in [0.05, 0.1) is 6.54 Å². The standard InChI is InChI=1S/C15H14N4O/c16-15-17-8-9-19(15)10-12-6-7-13(14(20)18-12)11-4-2-1-3-5-11/h1-9H,10H2,(H2,16,17)(H,18,20). The third kappa shape index (κ3) is 2.33. The minimum Gasteiger partial charge on any atom is -0.369 e. The lowest BCUT2D eigenvalue weighted by atomic mass is 10.1. The Morgan fingerprint density at radius 1 is 1.15 bits per heavy atom. The number of nitrogens with two attached hydrogens (primary N) is 1. The topological polar surface area (TPSA) is 76.7 Å². The zero-order chi connectivity index (χ0) is 13.9. The number of H-pyrrole nitrogens is 1. The van der Waals surface area contributed by atoms with E-state index in [4.69, 9.17) is 5.73 Å². The molecule has 0 aliphatic rings. The number of imidazole rings is 1. The fourth-order valence-corrected chi connectivity index (χ4v) is 2.11. The molecule has 20 heavy (non-hydrogen) atoms. The second kappa shape index (κ2) is 5.05. The van der Waals surface area contributed by atoms with E-state index in [-0.39, 0.29) is 5.56 Å². The monoisotopic (exact) mass is 266 g/mol. The number of rotatable bonds is 3. The van der Waals surface area contributed by atoms with Gasteiger partial charge in [0.1, 0.15) is 0 Å². The van der Waals surface area contributed by atoms with Crippen LogP contribution in [0, 0.1) is 0 Å². The summed E-state index contributed by atoms with van der Waals surface area (Å²) in [6, 6.07) is 13.3. The summed E-state index contributed by atoms with van der Waals surface area (Å²) < 4.78 is 1.77. The van der Waals surface area contributed by atoms with E-state index < -0.39 is 0 Å². The van der Waals surface area contributed by atoms with Crippen molar-refractivity contribution >= 4 is 5.95 Å². The Hall–Kier alpha value is -2.82. The van der Waals surface area contributed by atoms with Crippen LogP contribution in [0.15, 0.2) is 59.7 Å². The molecule has 0 radical (unpaired) electrons. The van der Waals surface area contributed by atoms with Gasteiger partial charge in [-0.1, -0.05) is 30.3 Å². The highest BCUT2D eigenvalue weighted by Gasteiger charge is 2.05. The molecule has 0 amide bonds. The third-order valence-electron chi connectivity index (χ3n) is 3.14. The zero-order valence-corrected chi connectivity index (χ0v) is 10.8. The van der Waals surface area contributed by atoms with Crippen LogP contribution < -0.4 is 11.3 Å². The molecule has 0 unspecified atom stereocenters. The SMILES string of the molecule is Nc1nccn1Cc1ccc(-c2ccccc2)c(=O)[nH]1. The van der Waals surface area contributed by atoms with Gasteiger partial charge < -0.3 is 15.3 Å². The summed E-state index contributed by atoms with van der Waals surface area (Å²) in [6.07, 6.45) is 3.41. The van der Waals surface area contributed by atoms with Gasteiger partial charge in [-0.2, -0.15) is 0 Å². The van der Waals surface area contributed by atoms with Crippen molar-refractivity contribution in [1.82, 2.24) is 14.5 Å². The number of pyridine rings is 1. The number of hydrogen-bond acceptors (Lipinski definition) is 3. The highest BCUT2D eigenvalue weighted by molar-refractivity contribution is 5.62. The molecule has 2 aromatic heterocycles. The van der Waals surface area contributed by atoms with E-state index in [1.54, 1.807) is 17.0 Å². The Labute approximate surface area is 115 Å². The van der Waals surface area contributed by atoms with Gasteiger partial charge in [0, 0.05) is 23.7 Å². The van der Waals surface area contributed by atoms with Gasteiger partial charge in [-0.15, -0.1) is 0 Å². The number of nitrogen functional groups attached to an aromatic ring is 1. The molecule has 0 saturated carbocycles. The molecule has 100 valence electrons. The molecule has 3 N–H and O–H groups in total. The van der Waals surface area contributed by atoms with Crippen molar-refractivity contribution in [3.05, 3.63) is 70.9 Å². The first-order chi connectivity index (χ1) is 9.74. The smallest absolute Gasteiger partial charge is 0.256 e. The van der Waals surface area contributed by atoms with Crippen LogP contribution in [0.3, 0.4) is 0 Å². The van der Waals surface area contributed by atoms with Gasteiger partial charge in [0.15, 0.2) is 5.95 Å². The summed E-state index contributed by atoms with van der Waals surface area (Å²) in [5.74, 6) is 0.429. The molecule has 5 nitrogen and oxygen atoms in total. The van der Waals surface area contributed by atoms with Gasteiger partial charge >= 0.3 is 0 Å². The summed E-state index contributed by atoms with van der Waals surface area (Å²) in [4.78, 5) is 19.0. The Morgan fingerprint density at radius 2 is 1.95 bits per heavy atom. The molecule has 0 aliphatic heterocycles. The number of nitrogens with one attached hydrogen (secondary N) is 1. The van der Waals surface area contributed by atoms with Crippen molar-refractivity contribution in [1.29, 1.82) is 0 Å². The van der Waals surface area contributed by atoms with E-state index in [1.165, 1.54) is 0 Å². The van der Waals surface area contributed by atoms with E-state index in [9.17, 15) is 4.79 Å². The van der Waals surface area contributed by atoms with Gasteiger partial charge in [0.25, 0.3) is 5.56 Å². The maximum atomic E-state index is 12.1. The minimum atomic E-state index is -0.104. The zero-order valence-electron chi connectivity index (χ0n) is 10.8. The first-order valence-corrected chi connectivity index (χ1v) is 6.28. The average molecular weight is 266 g/mol. The summed E-state index contributed by atoms with van der Waals surface area (Å²) in [5.41, 5.74) is 7.96. The first-order valence-electron chi connectivity index (χ1n) is 6.28. The average Bonchev–Trinajstić information content (AvgIpc) is 2.85. The van der Waals surface area contributed by atoms with Crippen molar-refractivity contribution in [2.45, 2.75) is 6.54 Å². The van der Waals surface area contributed by atoms with Crippen molar-refractivity contribution < 1.29 is 0 Å². The van der Waals surface area contributed by atoms with E-state index in [0.29, 0.717) is 18.1 Å². The largest absolute Gasteiger partial charge is 0.369 e. The number of aromatic nitrogens is 3. The molecule has 3 aromatic rings. The Kier molecular flexibility index (Phi) is 3.09. The van der Waals surface area contributed by atoms with E-state index in [1.807, 2.05) is 42.5 Å². The summed E-state index contributed by atoms with van der Waals surface area (Å²) in [6.45, 7) is 0.496. The maximum Gasteiger partial charge on any atom is 0.256 e. The predicted octanol–water partition coefficient (Wildman–Crippen LogP) is 1.87. The number of benzene rings is 1. The van der Waals surface area contributed by atoms with Crippen LogP contribution >= 0.6 is 0 Å². The van der Waals surface area contributed by atoms with E-state index in [0.717, 1.165) is 11.3 Å². The van der Waals surface area contributed by atoms with Crippen molar-refractivity contribution in [2.75, 3.05) is 5.73 Å². The Morgan fingerprint density at radius 3 is 2.60 bits per heavy atom. The normalized spacial score (nSPS) is 10.6. The lowest BCUT2D eigenvalue weighted by Crippen LogP contribution is -2.14. The summed E-state index contributed by atoms with van der Waals surface area (Å²) in [7, 11) is 0. The van der Waals surface area contributed by atoms with Gasteiger partial charge in [0.2, 0.25) is 0 Å². The molecule has 0 saturated heterocycles. The highest BCUT2D eigenvalue weighted by atomic mass is 16.1. The first kappa shape index (κ1) is 12.2. The molecule has 5 heteroatoms. The number of anilines is 1. The maximum absolute atomic E-state index is 12.1. The summed E-state index contributed by atoms with van der Waals surface area (Å²) >= 11 is 0. The van der Waals surface area contributed by atoms with E-state index in [2.05, 4.69) is 9.97 Å². The van der Waals surface area contributed by atoms with E-state index >= 15 is 0 Å². The Balaban J connectivity index is 1.92. The van der Waals surface area contributed by atoms with Crippen molar-refractivity contribution in [3.8, 4) is 11.1 Å². The summed E-state index contributed by atoms with van der Waals surface area (Å²) in [5, 5.41) is 0. The number of aromatic amines is 1. The number of nitrogens with zero attached hydrogens (tertiary/aromatic N) is 2. The molecule has 2 heterocycles. The highest BCUT2D eigenvalue weighted by Crippen LogP contribution is 2.14. The third-order valence-corrected chi connectivity index (χ3v) is 3.14. The lowest BCUT2D eigenvalue weighted by molar-refractivity contribution is 0.781. The van der Waals surface area contributed by atoms with Crippen LogP contribution in [0.4, 0.5) is 5.95 Å². The van der Waals surface area contributed by atoms with Crippen LogP contribution in [0.25, 0.3) is 11.1 Å². The van der Waals surface area contributed by atoms with Gasteiger partial charge in [-0.05, 0) is 17.7 Å². The van der Waals surface area contributed by atoms with Crippen LogP contribution in [-0.2, 0) is 6.54 Å². The molecular formula is C15H14N4O. The molecule has 0 fully saturated rings. The van der Waals surface area contributed by atoms with Crippen molar-refractivity contribution in [3.63, 3.8) is 0 Å². The lowest BCUT2D eigenvalue weighted by Gasteiger charge is -2.06. The van der Waals surface area contributed by atoms with Gasteiger partial charge in [-0.25, -0.2) is 4.98 Å². The van der Waals surface area contributed by atoms with Crippen LogP contribution in [-0.4, -0.2) is 14.5 Å². The molecule has 0 spiro atoms. The molecule has 0 aliphatic carbocycles. The van der Waals surface area contributed by atoms with Crippen LogP contribution in [0.2, 0.25) is 0 Å². The fraction of sp³-hybridized carbons (Fsp3) is 0.0667. The number of hydrogen-bond donors (Lipinski definition) is 2. The second-order valence-electron chi connectivity index (χ2n) is 4.51. The fourth-order valence-electron chi connectivity index (χ4n) is 2.11. The molecule has 0 atom stereocenters. The molecule has 1 aromatic carbocycles. The van der Waals surface area contributed by atoms with Crippen LogP contribution in [0.1, 0.15) is 5.69 Å². The van der Waals surface area contributed by atoms with Gasteiger partial charge in [-0.3, -0.25) is 4.79 Å². The quantitative estimate of drug-likeness (QED) is 0.759. The van der Waals surface area contributed by atoms with Crippen molar-refractivity contribution in [2.24, 2.45) is 0 Å². The molecular weight excluding hydrogens is 252 g/mol. The minimum absolute atomic E-state index is 0.104.